The zero-order valence-electron chi connectivity index (χ0n) is 15.3. The molecule has 3 heterocycles. The summed E-state index contributed by atoms with van der Waals surface area (Å²) >= 11 is 1.52. The largest absolute Gasteiger partial charge is 0.341 e. The fourth-order valence-corrected chi connectivity index (χ4v) is 4.37. The third kappa shape index (κ3) is 4.12. The standard InChI is InChI=1S/C18H25N5O2S/c1-3-21(2)18(25)16-9-8-15(26-16)14-6-4-11-23(14)17(24)7-5-10-22-13-19-12-20-22/h8-9,12-14H,3-7,10-11H2,1-2H3. The van der Waals surface area contributed by atoms with Gasteiger partial charge in [0.2, 0.25) is 5.91 Å². The zero-order valence-corrected chi connectivity index (χ0v) is 16.1. The number of nitrogens with zero attached hydrogens (tertiary/aromatic N) is 5. The Morgan fingerprint density at radius 1 is 1.38 bits per heavy atom. The number of carbonyl (C=O) groups is 2. The normalized spacial score (nSPS) is 16.8. The van der Waals surface area contributed by atoms with Crippen molar-refractivity contribution >= 4 is 23.2 Å². The Morgan fingerprint density at radius 2 is 2.23 bits per heavy atom. The molecule has 2 amide bonds. The van der Waals surface area contributed by atoms with Crippen LogP contribution >= 0.6 is 11.3 Å². The number of carbonyl (C=O) groups excluding carboxylic acids is 2. The van der Waals surface area contributed by atoms with Gasteiger partial charge in [-0.05, 0) is 38.3 Å². The molecule has 3 rings (SSSR count). The zero-order chi connectivity index (χ0) is 18.5. The summed E-state index contributed by atoms with van der Waals surface area (Å²) in [6.45, 7) is 4.14. The highest BCUT2D eigenvalue weighted by Crippen LogP contribution is 2.36. The van der Waals surface area contributed by atoms with E-state index in [4.69, 9.17) is 0 Å². The number of hydrogen-bond donors (Lipinski definition) is 0. The number of amides is 2. The smallest absolute Gasteiger partial charge is 0.263 e. The molecule has 0 bridgehead atoms. The molecule has 26 heavy (non-hydrogen) atoms. The summed E-state index contributed by atoms with van der Waals surface area (Å²) in [7, 11) is 1.81. The fourth-order valence-electron chi connectivity index (χ4n) is 3.22. The topological polar surface area (TPSA) is 71.3 Å². The Labute approximate surface area is 157 Å². The molecule has 2 aromatic rings. The van der Waals surface area contributed by atoms with Crippen LogP contribution in [0.25, 0.3) is 0 Å². The number of rotatable bonds is 7. The number of hydrogen-bond acceptors (Lipinski definition) is 5. The monoisotopic (exact) mass is 375 g/mol. The SMILES string of the molecule is CCN(C)C(=O)c1ccc(C2CCCN2C(=O)CCCn2cncn2)s1. The number of aryl methyl sites for hydroxylation is 1. The van der Waals surface area contributed by atoms with Crippen molar-refractivity contribution in [3.8, 4) is 0 Å². The molecule has 1 unspecified atom stereocenters. The third-order valence-corrected chi connectivity index (χ3v) is 5.98. The molecular weight excluding hydrogens is 350 g/mol. The van der Waals surface area contributed by atoms with Gasteiger partial charge in [-0.25, -0.2) is 4.98 Å². The lowest BCUT2D eigenvalue weighted by molar-refractivity contribution is -0.132. The van der Waals surface area contributed by atoms with Crippen LogP contribution < -0.4 is 0 Å². The lowest BCUT2D eigenvalue weighted by Crippen LogP contribution is -2.30. The van der Waals surface area contributed by atoms with E-state index in [2.05, 4.69) is 10.1 Å². The lowest BCUT2D eigenvalue weighted by Gasteiger charge is -2.24. The van der Waals surface area contributed by atoms with Crippen LogP contribution in [-0.2, 0) is 11.3 Å². The minimum Gasteiger partial charge on any atom is -0.341 e. The van der Waals surface area contributed by atoms with E-state index in [1.54, 1.807) is 15.9 Å². The molecule has 1 aliphatic rings. The molecule has 1 saturated heterocycles. The van der Waals surface area contributed by atoms with Crippen LogP contribution in [0.15, 0.2) is 24.8 Å². The van der Waals surface area contributed by atoms with Gasteiger partial charge in [0, 0.05) is 38.0 Å². The highest BCUT2D eigenvalue weighted by atomic mass is 32.1. The first-order valence-corrected chi connectivity index (χ1v) is 9.89. The predicted octanol–water partition coefficient (Wildman–Crippen LogP) is 2.58. The summed E-state index contributed by atoms with van der Waals surface area (Å²) in [4.78, 5) is 34.4. The summed E-state index contributed by atoms with van der Waals surface area (Å²) in [6, 6.07) is 4.00. The van der Waals surface area contributed by atoms with E-state index in [-0.39, 0.29) is 17.9 Å². The van der Waals surface area contributed by atoms with Crippen LogP contribution in [0, 0.1) is 0 Å². The van der Waals surface area contributed by atoms with Crippen LogP contribution in [0.4, 0.5) is 0 Å². The molecule has 1 aliphatic heterocycles. The van der Waals surface area contributed by atoms with E-state index in [9.17, 15) is 9.59 Å². The maximum absolute atomic E-state index is 12.7. The van der Waals surface area contributed by atoms with Crippen LogP contribution in [0.1, 0.15) is 53.2 Å². The van der Waals surface area contributed by atoms with Crippen molar-refractivity contribution < 1.29 is 9.59 Å². The average Bonchev–Trinajstić information content (AvgIpc) is 3.40. The molecule has 0 radical (unpaired) electrons. The van der Waals surface area contributed by atoms with E-state index in [0.717, 1.165) is 35.6 Å². The summed E-state index contributed by atoms with van der Waals surface area (Å²) in [6.07, 6.45) is 6.40. The maximum Gasteiger partial charge on any atom is 0.263 e. The van der Waals surface area contributed by atoms with Gasteiger partial charge in [-0.3, -0.25) is 14.3 Å². The second-order valence-electron chi connectivity index (χ2n) is 6.53. The number of aromatic nitrogens is 3. The first kappa shape index (κ1) is 18.6. The van der Waals surface area contributed by atoms with Crippen LogP contribution in [0.5, 0.6) is 0 Å². The van der Waals surface area contributed by atoms with Crippen molar-refractivity contribution in [3.05, 3.63) is 34.5 Å². The van der Waals surface area contributed by atoms with Gasteiger partial charge < -0.3 is 9.80 Å². The van der Waals surface area contributed by atoms with Gasteiger partial charge in [-0.1, -0.05) is 0 Å². The molecule has 0 N–H and O–H groups in total. The second kappa shape index (κ2) is 8.44. The minimum absolute atomic E-state index is 0.0486. The van der Waals surface area contributed by atoms with Gasteiger partial charge in [-0.2, -0.15) is 5.10 Å². The molecule has 1 fully saturated rings. The van der Waals surface area contributed by atoms with Gasteiger partial charge in [0.15, 0.2) is 0 Å². The molecule has 8 heteroatoms. The molecule has 0 aromatic carbocycles. The second-order valence-corrected chi connectivity index (χ2v) is 7.64. The van der Waals surface area contributed by atoms with Crippen molar-refractivity contribution in [2.45, 2.75) is 45.2 Å². The molecule has 140 valence electrons. The lowest BCUT2D eigenvalue weighted by atomic mass is 10.1. The molecule has 0 saturated carbocycles. The molecule has 0 spiro atoms. The van der Waals surface area contributed by atoms with Crippen molar-refractivity contribution in [1.29, 1.82) is 0 Å². The number of thiophene rings is 1. The van der Waals surface area contributed by atoms with Crippen molar-refractivity contribution in [2.24, 2.45) is 0 Å². The Kier molecular flexibility index (Phi) is 6.03. The van der Waals surface area contributed by atoms with Crippen molar-refractivity contribution in [3.63, 3.8) is 0 Å². The van der Waals surface area contributed by atoms with Gasteiger partial charge in [0.1, 0.15) is 12.7 Å². The molecule has 2 aromatic heterocycles. The van der Waals surface area contributed by atoms with Crippen molar-refractivity contribution in [1.82, 2.24) is 24.6 Å². The van der Waals surface area contributed by atoms with E-state index < -0.39 is 0 Å². The van der Waals surface area contributed by atoms with Crippen LogP contribution in [0.3, 0.4) is 0 Å². The molecule has 1 atom stereocenters. The minimum atomic E-state index is 0.0486. The molecule has 0 aliphatic carbocycles. The average molecular weight is 375 g/mol. The van der Waals surface area contributed by atoms with Crippen LogP contribution in [0.2, 0.25) is 0 Å². The van der Waals surface area contributed by atoms with E-state index in [1.807, 2.05) is 31.0 Å². The van der Waals surface area contributed by atoms with Crippen molar-refractivity contribution in [2.75, 3.05) is 20.1 Å². The third-order valence-electron chi connectivity index (χ3n) is 4.80. The maximum atomic E-state index is 12.7. The summed E-state index contributed by atoms with van der Waals surface area (Å²) < 4.78 is 1.75. The first-order chi connectivity index (χ1) is 12.6. The van der Waals surface area contributed by atoms with Gasteiger partial charge >= 0.3 is 0 Å². The highest BCUT2D eigenvalue weighted by molar-refractivity contribution is 7.14. The first-order valence-electron chi connectivity index (χ1n) is 9.07. The number of likely N-dealkylation sites (tertiary alicyclic amines) is 1. The Bertz CT molecular complexity index is 743. The summed E-state index contributed by atoms with van der Waals surface area (Å²) in [5, 5.41) is 4.06. The Morgan fingerprint density at radius 3 is 2.96 bits per heavy atom. The fraction of sp³-hybridized carbons (Fsp3) is 0.556. The summed E-state index contributed by atoms with van der Waals surface area (Å²) in [5.74, 6) is 0.229. The predicted molar refractivity (Wildman–Crippen MR) is 99.9 cm³/mol. The quantitative estimate of drug-likeness (QED) is 0.746. The molecular formula is C18H25N5O2S. The van der Waals surface area contributed by atoms with Gasteiger partial charge in [0.05, 0.1) is 10.9 Å². The highest BCUT2D eigenvalue weighted by Gasteiger charge is 2.31. The Hall–Kier alpha value is -2.22. The van der Waals surface area contributed by atoms with Gasteiger partial charge in [0.25, 0.3) is 5.91 Å². The molecule has 7 nitrogen and oxygen atoms in total. The van der Waals surface area contributed by atoms with Gasteiger partial charge in [-0.15, -0.1) is 11.3 Å². The van der Waals surface area contributed by atoms with Crippen LogP contribution in [-0.4, -0.2) is 56.5 Å². The Balaban J connectivity index is 1.60. The van der Waals surface area contributed by atoms with E-state index in [0.29, 0.717) is 19.5 Å². The van der Waals surface area contributed by atoms with E-state index in [1.165, 1.54) is 17.7 Å². The van der Waals surface area contributed by atoms with E-state index >= 15 is 0 Å². The summed E-state index contributed by atoms with van der Waals surface area (Å²) in [5.41, 5.74) is 0.